The van der Waals surface area contributed by atoms with E-state index in [9.17, 15) is 4.79 Å². The number of rotatable bonds is 4. The van der Waals surface area contributed by atoms with E-state index in [1.54, 1.807) is 0 Å². The molecular formula is C21H33N5O2. The van der Waals surface area contributed by atoms with Crippen LogP contribution >= 0.6 is 0 Å². The molecule has 3 fully saturated rings. The zero-order valence-electron chi connectivity index (χ0n) is 17.2. The predicted molar refractivity (Wildman–Crippen MR) is 109 cm³/mol. The van der Waals surface area contributed by atoms with E-state index in [0.717, 1.165) is 56.0 Å². The molecule has 0 aromatic carbocycles. The van der Waals surface area contributed by atoms with Crippen LogP contribution in [0.15, 0.2) is 0 Å². The second kappa shape index (κ2) is 7.95. The molecule has 3 N–H and O–H groups in total. The number of anilines is 1. The van der Waals surface area contributed by atoms with Gasteiger partial charge in [-0.05, 0) is 46.0 Å². The Balaban J connectivity index is 1.40. The van der Waals surface area contributed by atoms with Crippen LogP contribution in [0, 0.1) is 13.8 Å². The highest BCUT2D eigenvalue weighted by molar-refractivity contribution is 5.89. The summed E-state index contributed by atoms with van der Waals surface area (Å²) in [6.07, 6.45) is 9.71. The molecule has 2 aliphatic heterocycles. The van der Waals surface area contributed by atoms with E-state index >= 15 is 0 Å². The number of nitrogens with two attached hydrogens (primary N) is 1. The topological polar surface area (TPSA) is 93.4 Å². The van der Waals surface area contributed by atoms with Crippen LogP contribution in [0.3, 0.4) is 0 Å². The number of nitrogens with one attached hydrogen (secondary N) is 1. The van der Waals surface area contributed by atoms with Gasteiger partial charge >= 0.3 is 0 Å². The summed E-state index contributed by atoms with van der Waals surface area (Å²) in [4.78, 5) is 22.5. The van der Waals surface area contributed by atoms with Gasteiger partial charge in [-0.25, -0.2) is 9.97 Å². The van der Waals surface area contributed by atoms with Crippen LogP contribution in [0.4, 0.5) is 5.82 Å². The molecule has 1 saturated carbocycles. The summed E-state index contributed by atoms with van der Waals surface area (Å²) in [5.41, 5.74) is 7.38. The average molecular weight is 388 g/mol. The Bertz CT molecular complexity index is 726. The largest absolute Gasteiger partial charge is 0.375 e. The third-order valence-corrected chi connectivity index (χ3v) is 6.80. The molecule has 0 bridgehead atoms. The Hall–Kier alpha value is -1.73. The Morgan fingerprint density at radius 3 is 2.71 bits per heavy atom. The summed E-state index contributed by atoms with van der Waals surface area (Å²) in [6.45, 7) is 6.63. The number of hydrogen-bond donors (Lipinski definition) is 2. The third kappa shape index (κ3) is 4.01. The Kier molecular flexibility index (Phi) is 5.56. The van der Waals surface area contributed by atoms with Crippen molar-refractivity contribution < 1.29 is 9.53 Å². The first-order valence-electron chi connectivity index (χ1n) is 10.8. The number of nitrogens with zero attached hydrogens (tertiary/aromatic N) is 3. The van der Waals surface area contributed by atoms with Crippen molar-refractivity contribution in [2.45, 2.75) is 82.9 Å². The molecule has 1 aliphatic carbocycles. The first-order chi connectivity index (χ1) is 13.5. The number of carbonyl (C=O) groups excluding carboxylic acids is 1. The van der Waals surface area contributed by atoms with E-state index < -0.39 is 5.91 Å². The van der Waals surface area contributed by atoms with Crippen LogP contribution in [-0.4, -0.2) is 53.3 Å². The molecule has 7 heteroatoms. The highest BCUT2D eigenvalue weighted by Gasteiger charge is 2.39. The molecule has 3 heterocycles. The number of primary amides is 1. The number of aryl methyl sites for hydroxylation is 1. The molecule has 0 radical (unpaired) electrons. The van der Waals surface area contributed by atoms with Crippen LogP contribution in [0.1, 0.15) is 73.2 Å². The van der Waals surface area contributed by atoms with Crippen LogP contribution in [-0.2, 0) is 4.74 Å². The van der Waals surface area contributed by atoms with Gasteiger partial charge in [0.05, 0.1) is 5.60 Å². The summed E-state index contributed by atoms with van der Waals surface area (Å²) in [7, 11) is 0. The van der Waals surface area contributed by atoms with Gasteiger partial charge in [0.15, 0.2) is 0 Å². The van der Waals surface area contributed by atoms with E-state index in [1.165, 1.54) is 32.1 Å². The highest BCUT2D eigenvalue weighted by Crippen LogP contribution is 2.38. The molecule has 1 spiro atoms. The SMILES string of the molecule is Cc1nc(C(N)=O)nc(N2CC[C@@H](NC3CCOC4(CCCCC4)C3)C2)c1C. The van der Waals surface area contributed by atoms with Crippen molar-refractivity contribution in [3.05, 3.63) is 17.1 Å². The van der Waals surface area contributed by atoms with E-state index in [-0.39, 0.29) is 11.4 Å². The molecule has 1 aromatic heterocycles. The first kappa shape index (κ1) is 19.6. The molecule has 3 aliphatic rings. The zero-order valence-corrected chi connectivity index (χ0v) is 17.2. The molecule has 1 aromatic rings. The molecule has 4 rings (SSSR count). The van der Waals surface area contributed by atoms with Gasteiger partial charge in [-0.3, -0.25) is 4.79 Å². The fourth-order valence-corrected chi connectivity index (χ4v) is 5.17. The van der Waals surface area contributed by atoms with Gasteiger partial charge in [0.1, 0.15) is 5.82 Å². The maximum absolute atomic E-state index is 11.6. The van der Waals surface area contributed by atoms with E-state index in [2.05, 4.69) is 20.2 Å². The molecule has 2 atom stereocenters. The second-order valence-electron chi connectivity index (χ2n) is 8.83. The summed E-state index contributed by atoms with van der Waals surface area (Å²) < 4.78 is 6.24. The van der Waals surface area contributed by atoms with Crippen LogP contribution in [0.2, 0.25) is 0 Å². The van der Waals surface area contributed by atoms with Crippen LogP contribution in [0.25, 0.3) is 0 Å². The molecule has 1 amide bonds. The lowest BCUT2D eigenvalue weighted by molar-refractivity contribution is -0.109. The van der Waals surface area contributed by atoms with Gasteiger partial charge < -0.3 is 20.7 Å². The summed E-state index contributed by atoms with van der Waals surface area (Å²) in [5.74, 6) is 0.387. The predicted octanol–water partition coefficient (Wildman–Crippen LogP) is 2.24. The maximum Gasteiger partial charge on any atom is 0.286 e. The van der Waals surface area contributed by atoms with Gasteiger partial charge in [0.25, 0.3) is 5.91 Å². The van der Waals surface area contributed by atoms with E-state index in [1.807, 2.05) is 13.8 Å². The number of aromatic nitrogens is 2. The smallest absolute Gasteiger partial charge is 0.286 e. The maximum atomic E-state index is 11.6. The summed E-state index contributed by atoms with van der Waals surface area (Å²) >= 11 is 0. The van der Waals surface area contributed by atoms with E-state index in [4.69, 9.17) is 10.5 Å². The van der Waals surface area contributed by atoms with Gasteiger partial charge in [0, 0.05) is 43.0 Å². The van der Waals surface area contributed by atoms with Crippen molar-refractivity contribution in [1.29, 1.82) is 0 Å². The minimum absolute atomic E-state index is 0.109. The Labute approximate surface area is 167 Å². The fourth-order valence-electron chi connectivity index (χ4n) is 5.17. The first-order valence-corrected chi connectivity index (χ1v) is 10.8. The molecule has 154 valence electrons. The second-order valence-corrected chi connectivity index (χ2v) is 8.83. The van der Waals surface area contributed by atoms with Crippen LogP contribution < -0.4 is 16.0 Å². The van der Waals surface area contributed by atoms with Gasteiger partial charge in [-0.1, -0.05) is 19.3 Å². The van der Waals surface area contributed by atoms with Crippen molar-refractivity contribution in [3.63, 3.8) is 0 Å². The lowest BCUT2D eigenvalue weighted by atomic mass is 9.78. The number of ether oxygens (including phenoxy) is 1. The number of carbonyl (C=O) groups is 1. The van der Waals surface area contributed by atoms with E-state index in [0.29, 0.717) is 12.1 Å². The highest BCUT2D eigenvalue weighted by atomic mass is 16.5. The molecular weight excluding hydrogens is 354 g/mol. The molecule has 7 nitrogen and oxygen atoms in total. The average Bonchev–Trinajstić information content (AvgIpc) is 3.12. The number of hydrogen-bond acceptors (Lipinski definition) is 6. The summed E-state index contributed by atoms with van der Waals surface area (Å²) in [6, 6.07) is 0.974. The zero-order chi connectivity index (χ0) is 19.7. The van der Waals surface area contributed by atoms with Crippen molar-refractivity contribution in [2.24, 2.45) is 5.73 Å². The lowest BCUT2D eigenvalue weighted by Crippen LogP contribution is -2.51. The quantitative estimate of drug-likeness (QED) is 0.823. The van der Waals surface area contributed by atoms with Gasteiger partial charge in [-0.2, -0.15) is 0 Å². The minimum atomic E-state index is -0.571. The van der Waals surface area contributed by atoms with Crippen LogP contribution in [0.5, 0.6) is 0 Å². The van der Waals surface area contributed by atoms with Gasteiger partial charge in [0.2, 0.25) is 5.82 Å². The summed E-state index contributed by atoms with van der Waals surface area (Å²) in [5, 5.41) is 3.90. The fraction of sp³-hybridized carbons (Fsp3) is 0.762. The molecule has 1 unspecified atom stereocenters. The monoisotopic (exact) mass is 387 g/mol. The molecule has 2 saturated heterocycles. The lowest BCUT2D eigenvalue weighted by Gasteiger charge is -2.44. The van der Waals surface area contributed by atoms with Crippen molar-refractivity contribution in [3.8, 4) is 0 Å². The third-order valence-electron chi connectivity index (χ3n) is 6.80. The Morgan fingerprint density at radius 2 is 1.96 bits per heavy atom. The van der Waals surface area contributed by atoms with Crippen molar-refractivity contribution in [2.75, 3.05) is 24.6 Å². The van der Waals surface area contributed by atoms with Crippen molar-refractivity contribution in [1.82, 2.24) is 15.3 Å². The minimum Gasteiger partial charge on any atom is -0.375 e. The Morgan fingerprint density at radius 1 is 1.18 bits per heavy atom. The molecule has 28 heavy (non-hydrogen) atoms. The standard InChI is InChI=1S/C21H33N5O2/c1-14-15(2)23-19(18(22)27)25-20(14)26-10-6-17(13-26)24-16-7-11-28-21(12-16)8-4-3-5-9-21/h16-17,24H,3-13H2,1-2H3,(H2,22,27)/t16?,17-/m1/s1. The normalized spacial score (nSPS) is 27.3. The van der Waals surface area contributed by atoms with Crippen molar-refractivity contribution >= 4 is 11.7 Å². The van der Waals surface area contributed by atoms with Gasteiger partial charge in [-0.15, -0.1) is 0 Å². The number of amides is 1.